The lowest BCUT2D eigenvalue weighted by atomic mass is 10.2. The van der Waals surface area contributed by atoms with Gasteiger partial charge in [0.05, 0.1) is 24.9 Å². The summed E-state index contributed by atoms with van der Waals surface area (Å²) in [6.45, 7) is 1.58. The summed E-state index contributed by atoms with van der Waals surface area (Å²) in [4.78, 5) is 12.2. The number of benzene rings is 2. The Kier molecular flexibility index (Phi) is 5.87. The highest BCUT2D eigenvalue weighted by Crippen LogP contribution is 2.28. The fourth-order valence-electron chi connectivity index (χ4n) is 1.93. The summed E-state index contributed by atoms with van der Waals surface area (Å²) in [7, 11) is 3.04. The Morgan fingerprint density at radius 1 is 1.08 bits per heavy atom. The molecule has 2 rings (SSSR count). The van der Waals surface area contributed by atoms with Crippen molar-refractivity contribution in [1.82, 2.24) is 0 Å². The Morgan fingerprint density at radius 2 is 1.67 bits per heavy atom. The molecule has 0 aromatic heterocycles. The summed E-state index contributed by atoms with van der Waals surface area (Å²) in [5.74, 6) is 0.590. The molecule has 0 fully saturated rings. The van der Waals surface area contributed by atoms with Gasteiger partial charge in [-0.25, -0.2) is 4.39 Å². The highest BCUT2D eigenvalue weighted by molar-refractivity contribution is 6.33. The van der Waals surface area contributed by atoms with E-state index in [0.717, 1.165) is 6.07 Å². The van der Waals surface area contributed by atoms with Crippen LogP contribution < -0.4 is 19.5 Å². The summed E-state index contributed by atoms with van der Waals surface area (Å²) in [5.41, 5.74) is 0.307. The van der Waals surface area contributed by atoms with E-state index < -0.39 is 17.8 Å². The highest BCUT2D eigenvalue weighted by atomic mass is 35.5. The topological polar surface area (TPSA) is 56.8 Å². The van der Waals surface area contributed by atoms with E-state index in [-0.39, 0.29) is 5.02 Å². The van der Waals surface area contributed by atoms with Crippen LogP contribution in [0, 0.1) is 5.82 Å². The fourth-order valence-corrected chi connectivity index (χ4v) is 2.15. The second-order valence-corrected chi connectivity index (χ2v) is 5.33. The van der Waals surface area contributed by atoms with Gasteiger partial charge in [-0.15, -0.1) is 0 Å². The molecule has 0 radical (unpaired) electrons. The second-order valence-electron chi connectivity index (χ2n) is 4.92. The quantitative estimate of drug-likeness (QED) is 0.855. The lowest BCUT2D eigenvalue weighted by molar-refractivity contribution is -0.122. The maximum Gasteiger partial charge on any atom is 0.265 e. The van der Waals surface area contributed by atoms with Gasteiger partial charge < -0.3 is 19.5 Å². The third-order valence-corrected chi connectivity index (χ3v) is 3.51. The van der Waals surface area contributed by atoms with Crippen molar-refractivity contribution >= 4 is 23.2 Å². The standard InChI is InChI=1S/C17H17ClFNO4/c1-10(17(21)20-16-5-4-11(19)6-15(16)18)24-14-8-12(22-2)7-13(9-14)23-3/h4-10H,1-3H3,(H,20,21)/t10-/m1/s1. The number of rotatable bonds is 6. The van der Waals surface area contributed by atoms with Crippen molar-refractivity contribution in [3.05, 3.63) is 47.2 Å². The van der Waals surface area contributed by atoms with Crippen LogP contribution in [0.25, 0.3) is 0 Å². The molecule has 2 aromatic rings. The van der Waals surface area contributed by atoms with Crippen LogP contribution in [-0.4, -0.2) is 26.2 Å². The summed E-state index contributed by atoms with van der Waals surface area (Å²) < 4.78 is 28.9. The number of nitrogens with one attached hydrogen (secondary N) is 1. The Balaban J connectivity index is 2.08. The minimum absolute atomic E-state index is 0.110. The first kappa shape index (κ1) is 17.9. The normalized spacial score (nSPS) is 11.5. The largest absolute Gasteiger partial charge is 0.496 e. The highest BCUT2D eigenvalue weighted by Gasteiger charge is 2.17. The molecule has 24 heavy (non-hydrogen) atoms. The molecule has 0 aliphatic carbocycles. The van der Waals surface area contributed by atoms with Crippen LogP contribution in [-0.2, 0) is 4.79 Å². The van der Waals surface area contributed by atoms with Crippen molar-refractivity contribution in [3.8, 4) is 17.2 Å². The van der Waals surface area contributed by atoms with Gasteiger partial charge >= 0.3 is 0 Å². The lowest BCUT2D eigenvalue weighted by Gasteiger charge is -2.16. The van der Waals surface area contributed by atoms with Crippen molar-refractivity contribution in [2.45, 2.75) is 13.0 Å². The molecule has 1 N–H and O–H groups in total. The van der Waals surface area contributed by atoms with E-state index in [9.17, 15) is 9.18 Å². The molecule has 0 aliphatic heterocycles. The summed E-state index contributed by atoms with van der Waals surface area (Å²) in [6.07, 6.45) is -0.817. The third kappa shape index (κ3) is 4.52. The average molecular weight is 354 g/mol. The molecule has 1 amide bonds. The fraction of sp³-hybridized carbons (Fsp3) is 0.235. The van der Waals surface area contributed by atoms with E-state index in [1.165, 1.54) is 26.4 Å². The number of carbonyl (C=O) groups excluding carboxylic acids is 1. The zero-order chi connectivity index (χ0) is 17.7. The third-order valence-electron chi connectivity index (χ3n) is 3.20. The van der Waals surface area contributed by atoms with Gasteiger partial charge in [0, 0.05) is 18.2 Å². The molecule has 7 heteroatoms. The Morgan fingerprint density at radius 3 is 2.21 bits per heavy atom. The van der Waals surface area contributed by atoms with Crippen LogP contribution in [0.4, 0.5) is 10.1 Å². The van der Waals surface area contributed by atoms with E-state index >= 15 is 0 Å². The van der Waals surface area contributed by atoms with Gasteiger partial charge in [-0.05, 0) is 25.1 Å². The summed E-state index contributed by atoms with van der Waals surface area (Å²) in [5, 5.41) is 2.70. The zero-order valence-corrected chi connectivity index (χ0v) is 14.2. The number of ether oxygens (including phenoxy) is 3. The van der Waals surface area contributed by atoms with Gasteiger partial charge in [-0.2, -0.15) is 0 Å². The van der Waals surface area contributed by atoms with Crippen LogP contribution >= 0.6 is 11.6 Å². The molecule has 0 saturated heterocycles. The Labute approximate surface area is 144 Å². The van der Waals surface area contributed by atoms with Crippen LogP contribution in [0.5, 0.6) is 17.2 Å². The van der Waals surface area contributed by atoms with Gasteiger partial charge in [-0.3, -0.25) is 4.79 Å². The minimum atomic E-state index is -0.817. The maximum atomic E-state index is 13.0. The van der Waals surface area contributed by atoms with E-state index in [0.29, 0.717) is 22.9 Å². The molecule has 0 heterocycles. The lowest BCUT2D eigenvalue weighted by Crippen LogP contribution is -2.30. The van der Waals surface area contributed by atoms with Crippen molar-refractivity contribution in [2.75, 3.05) is 19.5 Å². The van der Waals surface area contributed by atoms with Gasteiger partial charge in [0.1, 0.15) is 23.1 Å². The molecule has 0 bridgehead atoms. The van der Waals surface area contributed by atoms with Crippen molar-refractivity contribution in [1.29, 1.82) is 0 Å². The van der Waals surface area contributed by atoms with E-state index in [1.807, 2.05) is 0 Å². The van der Waals surface area contributed by atoms with Crippen molar-refractivity contribution in [3.63, 3.8) is 0 Å². The molecular weight excluding hydrogens is 337 g/mol. The van der Waals surface area contributed by atoms with Crippen molar-refractivity contribution < 1.29 is 23.4 Å². The molecule has 1 atom stereocenters. The molecule has 2 aromatic carbocycles. The zero-order valence-electron chi connectivity index (χ0n) is 13.4. The van der Waals surface area contributed by atoms with E-state index in [2.05, 4.69) is 5.32 Å². The molecular formula is C17H17ClFNO4. The van der Waals surface area contributed by atoms with Gasteiger partial charge in [0.15, 0.2) is 6.10 Å². The van der Waals surface area contributed by atoms with E-state index in [1.54, 1.807) is 25.1 Å². The van der Waals surface area contributed by atoms with Crippen molar-refractivity contribution in [2.24, 2.45) is 0 Å². The predicted molar refractivity (Wildman–Crippen MR) is 89.7 cm³/mol. The van der Waals surface area contributed by atoms with Gasteiger partial charge in [0.25, 0.3) is 5.91 Å². The molecule has 0 unspecified atom stereocenters. The number of methoxy groups -OCH3 is 2. The number of hydrogen-bond donors (Lipinski definition) is 1. The molecule has 5 nitrogen and oxygen atoms in total. The Bertz CT molecular complexity index is 716. The number of halogens is 2. The second kappa shape index (κ2) is 7.88. The first-order valence-corrected chi connectivity index (χ1v) is 7.46. The van der Waals surface area contributed by atoms with Gasteiger partial charge in [0.2, 0.25) is 0 Å². The van der Waals surface area contributed by atoms with Crippen LogP contribution in [0.3, 0.4) is 0 Å². The summed E-state index contributed by atoms with van der Waals surface area (Å²) >= 11 is 5.89. The smallest absolute Gasteiger partial charge is 0.265 e. The van der Waals surface area contributed by atoms with Crippen LogP contribution in [0.15, 0.2) is 36.4 Å². The first-order chi connectivity index (χ1) is 11.4. The predicted octanol–water partition coefficient (Wildman–Crippen LogP) is 3.90. The first-order valence-electron chi connectivity index (χ1n) is 7.08. The maximum absolute atomic E-state index is 13.0. The van der Waals surface area contributed by atoms with Crippen LogP contribution in [0.1, 0.15) is 6.92 Å². The Hall–Kier alpha value is -2.47. The molecule has 0 aliphatic rings. The molecule has 0 saturated carbocycles. The SMILES string of the molecule is COc1cc(OC)cc(O[C@H](C)C(=O)Nc2ccc(F)cc2Cl)c1. The number of anilines is 1. The number of carbonyl (C=O) groups is 1. The molecule has 0 spiro atoms. The average Bonchev–Trinajstić information content (AvgIpc) is 2.56. The number of amides is 1. The minimum Gasteiger partial charge on any atom is -0.496 e. The van der Waals surface area contributed by atoms with Crippen LogP contribution in [0.2, 0.25) is 5.02 Å². The monoisotopic (exact) mass is 353 g/mol. The number of hydrogen-bond acceptors (Lipinski definition) is 4. The van der Waals surface area contributed by atoms with E-state index in [4.69, 9.17) is 25.8 Å². The van der Waals surface area contributed by atoms with Gasteiger partial charge in [-0.1, -0.05) is 11.6 Å². The summed E-state index contributed by atoms with van der Waals surface area (Å²) in [6, 6.07) is 8.68. The molecule has 128 valence electrons.